The van der Waals surface area contributed by atoms with Crippen molar-refractivity contribution in [2.45, 2.75) is 37.5 Å². The Hall–Kier alpha value is -0.420. The molecule has 1 unspecified atom stereocenters. The number of rotatable bonds is 5. The van der Waals surface area contributed by atoms with Gasteiger partial charge in [-0.25, -0.2) is 4.79 Å². The van der Waals surface area contributed by atoms with Crippen LogP contribution in [-0.4, -0.2) is 48.1 Å². The first-order chi connectivity index (χ1) is 7.63. The van der Waals surface area contributed by atoms with E-state index in [0.717, 1.165) is 37.7 Å². The molecule has 3 N–H and O–H groups in total. The molecule has 1 aliphatic rings. The summed E-state index contributed by atoms with van der Waals surface area (Å²) in [6, 6.07) is 0.277. The van der Waals surface area contributed by atoms with E-state index in [2.05, 4.69) is 18.5 Å². The van der Waals surface area contributed by atoms with E-state index in [4.69, 9.17) is 5.73 Å². The molecule has 0 saturated carbocycles. The van der Waals surface area contributed by atoms with Gasteiger partial charge in [-0.1, -0.05) is 6.92 Å². The Bertz CT molecular complexity index is 217. The van der Waals surface area contributed by atoms with Crippen molar-refractivity contribution in [3.05, 3.63) is 0 Å². The highest BCUT2D eigenvalue weighted by Crippen LogP contribution is 2.11. The predicted molar refractivity (Wildman–Crippen MR) is 69.8 cm³/mol. The van der Waals surface area contributed by atoms with Gasteiger partial charge < -0.3 is 16.0 Å². The monoisotopic (exact) mass is 245 g/mol. The van der Waals surface area contributed by atoms with Crippen LogP contribution in [0.2, 0.25) is 0 Å². The third-order valence-electron chi connectivity index (χ3n) is 3.19. The fourth-order valence-electron chi connectivity index (χ4n) is 1.91. The van der Waals surface area contributed by atoms with Crippen LogP contribution in [0.15, 0.2) is 0 Å². The number of nitrogens with two attached hydrogens (primary N) is 1. The lowest BCUT2D eigenvalue weighted by Crippen LogP contribution is -2.47. The minimum Gasteiger partial charge on any atom is -0.351 e. The van der Waals surface area contributed by atoms with Crippen molar-refractivity contribution in [3.8, 4) is 0 Å². The largest absolute Gasteiger partial charge is 0.351 e. The highest BCUT2D eigenvalue weighted by atomic mass is 32.2. The predicted octanol–water partition coefficient (Wildman–Crippen LogP) is 1.26. The van der Waals surface area contributed by atoms with Crippen LogP contribution in [0.25, 0.3) is 0 Å². The number of carbonyl (C=O) groups excluding carboxylic acids is 1. The first kappa shape index (κ1) is 13.6. The lowest BCUT2D eigenvalue weighted by molar-refractivity contribution is 0.185. The van der Waals surface area contributed by atoms with Crippen molar-refractivity contribution in [1.82, 2.24) is 10.2 Å². The molecule has 1 fully saturated rings. The van der Waals surface area contributed by atoms with Crippen LogP contribution in [0.1, 0.15) is 26.2 Å². The molecule has 0 aromatic carbocycles. The average molecular weight is 245 g/mol. The van der Waals surface area contributed by atoms with Crippen LogP contribution in [0.5, 0.6) is 0 Å². The molecule has 0 aliphatic carbocycles. The van der Waals surface area contributed by atoms with Gasteiger partial charge in [0.05, 0.1) is 0 Å². The SMILES string of the molecule is CSC(C)CCNC1CCN(C(N)=O)CC1. The Morgan fingerprint density at radius 2 is 2.19 bits per heavy atom. The van der Waals surface area contributed by atoms with Gasteiger partial charge in [0, 0.05) is 24.4 Å². The lowest BCUT2D eigenvalue weighted by atomic mass is 10.1. The number of piperidine rings is 1. The van der Waals surface area contributed by atoms with Crippen LogP contribution >= 0.6 is 11.8 Å². The summed E-state index contributed by atoms with van der Waals surface area (Å²) in [6.07, 6.45) is 5.40. The molecule has 0 radical (unpaired) electrons. The van der Waals surface area contributed by atoms with Gasteiger partial charge in [-0.05, 0) is 32.1 Å². The number of nitrogens with one attached hydrogen (secondary N) is 1. The summed E-state index contributed by atoms with van der Waals surface area (Å²) in [4.78, 5) is 12.7. The summed E-state index contributed by atoms with van der Waals surface area (Å²) >= 11 is 1.91. The van der Waals surface area contributed by atoms with Crippen molar-refractivity contribution >= 4 is 17.8 Å². The van der Waals surface area contributed by atoms with E-state index in [-0.39, 0.29) is 6.03 Å². The van der Waals surface area contributed by atoms with Crippen molar-refractivity contribution in [2.24, 2.45) is 5.73 Å². The number of hydrogen-bond acceptors (Lipinski definition) is 3. The first-order valence-corrected chi connectivity index (χ1v) is 7.23. The number of thioether (sulfide) groups is 1. The first-order valence-electron chi connectivity index (χ1n) is 5.94. The van der Waals surface area contributed by atoms with E-state index in [1.54, 1.807) is 4.90 Å². The second-order valence-corrected chi connectivity index (χ2v) is 5.66. The van der Waals surface area contributed by atoms with E-state index in [1.165, 1.54) is 6.42 Å². The minimum absolute atomic E-state index is 0.283. The molecular weight excluding hydrogens is 222 g/mol. The zero-order valence-electron chi connectivity index (χ0n) is 10.2. The van der Waals surface area contributed by atoms with E-state index in [9.17, 15) is 4.79 Å². The van der Waals surface area contributed by atoms with Crippen LogP contribution < -0.4 is 11.1 Å². The molecule has 5 heteroatoms. The summed E-state index contributed by atoms with van der Waals surface area (Å²) in [7, 11) is 0. The van der Waals surface area contributed by atoms with E-state index in [1.807, 2.05) is 11.8 Å². The molecule has 1 atom stereocenters. The molecule has 94 valence electrons. The number of nitrogens with zero attached hydrogens (tertiary/aromatic N) is 1. The maximum Gasteiger partial charge on any atom is 0.314 e. The van der Waals surface area contributed by atoms with Crippen molar-refractivity contribution in [1.29, 1.82) is 0 Å². The van der Waals surface area contributed by atoms with Crippen molar-refractivity contribution in [2.75, 3.05) is 25.9 Å². The summed E-state index contributed by atoms with van der Waals surface area (Å²) in [5.74, 6) is 0. The van der Waals surface area contributed by atoms with Crippen LogP contribution in [-0.2, 0) is 0 Å². The summed E-state index contributed by atoms with van der Waals surface area (Å²) in [5, 5.41) is 4.27. The number of hydrogen-bond donors (Lipinski definition) is 2. The fraction of sp³-hybridized carbons (Fsp3) is 0.909. The van der Waals surface area contributed by atoms with Gasteiger partial charge in [0.2, 0.25) is 0 Å². The molecule has 0 spiro atoms. The van der Waals surface area contributed by atoms with Gasteiger partial charge in [0.25, 0.3) is 0 Å². The van der Waals surface area contributed by atoms with Crippen molar-refractivity contribution in [3.63, 3.8) is 0 Å². The van der Waals surface area contributed by atoms with Gasteiger partial charge in [-0.2, -0.15) is 11.8 Å². The molecule has 16 heavy (non-hydrogen) atoms. The Labute approximate surface area is 102 Å². The quantitative estimate of drug-likeness (QED) is 0.766. The molecule has 0 aromatic heterocycles. The highest BCUT2D eigenvalue weighted by Gasteiger charge is 2.20. The number of primary amides is 1. The summed E-state index contributed by atoms with van der Waals surface area (Å²) in [6.45, 7) is 4.92. The summed E-state index contributed by atoms with van der Waals surface area (Å²) < 4.78 is 0. The number of likely N-dealkylation sites (tertiary alicyclic amines) is 1. The lowest BCUT2D eigenvalue weighted by Gasteiger charge is -2.31. The molecule has 0 aromatic rings. The van der Waals surface area contributed by atoms with E-state index >= 15 is 0 Å². The average Bonchev–Trinajstić information content (AvgIpc) is 2.29. The number of carbonyl (C=O) groups is 1. The second kappa shape index (κ2) is 7.01. The van der Waals surface area contributed by atoms with Crippen LogP contribution in [0, 0.1) is 0 Å². The second-order valence-electron chi connectivity index (χ2n) is 4.39. The minimum atomic E-state index is -0.283. The smallest absolute Gasteiger partial charge is 0.314 e. The highest BCUT2D eigenvalue weighted by molar-refractivity contribution is 7.99. The Kier molecular flexibility index (Phi) is 5.98. The van der Waals surface area contributed by atoms with Gasteiger partial charge in [-0.15, -0.1) is 0 Å². The van der Waals surface area contributed by atoms with E-state index in [0.29, 0.717) is 6.04 Å². The third kappa shape index (κ3) is 4.61. The normalized spacial score (nSPS) is 19.8. The number of urea groups is 1. The van der Waals surface area contributed by atoms with Gasteiger partial charge in [-0.3, -0.25) is 0 Å². The molecule has 1 rings (SSSR count). The Morgan fingerprint density at radius 3 is 2.69 bits per heavy atom. The Morgan fingerprint density at radius 1 is 1.56 bits per heavy atom. The van der Waals surface area contributed by atoms with E-state index < -0.39 is 0 Å². The topological polar surface area (TPSA) is 58.4 Å². The molecule has 1 saturated heterocycles. The molecule has 2 amide bonds. The zero-order valence-corrected chi connectivity index (χ0v) is 11.1. The molecule has 1 heterocycles. The standard InChI is InChI=1S/C11H23N3OS/c1-9(16-2)3-6-13-10-4-7-14(8-5-10)11(12)15/h9-10,13H,3-8H2,1-2H3,(H2,12,15). The fourth-order valence-corrected chi connectivity index (χ4v) is 2.27. The van der Waals surface area contributed by atoms with Crippen LogP contribution in [0.4, 0.5) is 4.79 Å². The zero-order chi connectivity index (χ0) is 12.0. The summed E-state index contributed by atoms with van der Waals surface area (Å²) in [5.41, 5.74) is 5.23. The number of amides is 2. The van der Waals surface area contributed by atoms with Crippen molar-refractivity contribution < 1.29 is 4.79 Å². The maximum atomic E-state index is 10.9. The molecular formula is C11H23N3OS. The molecule has 4 nitrogen and oxygen atoms in total. The maximum absolute atomic E-state index is 10.9. The molecule has 1 aliphatic heterocycles. The van der Waals surface area contributed by atoms with Gasteiger partial charge in [0.1, 0.15) is 0 Å². The van der Waals surface area contributed by atoms with Gasteiger partial charge >= 0.3 is 6.03 Å². The van der Waals surface area contributed by atoms with Crippen LogP contribution in [0.3, 0.4) is 0 Å². The Balaban J connectivity index is 2.10. The third-order valence-corrected chi connectivity index (χ3v) is 4.23. The molecule has 0 bridgehead atoms. The van der Waals surface area contributed by atoms with Gasteiger partial charge in [0.15, 0.2) is 0 Å².